The molecule has 16 heavy (non-hydrogen) atoms. The summed E-state index contributed by atoms with van der Waals surface area (Å²) in [5.74, 6) is 0.932. The molecule has 4 nitrogen and oxygen atoms in total. The highest BCUT2D eigenvalue weighted by Crippen LogP contribution is 2.17. The summed E-state index contributed by atoms with van der Waals surface area (Å²) in [4.78, 5) is 4.45. The van der Waals surface area contributed by atoms with Crippen LogP contribution in [0.3, 0.4) is 0 Å². The fraction of sp³-hybridized carbons (Fsp3) is 0.300. The minimum Gasteiger partial charge on any atom is -0.412 e. The van der Waals surface area contributed by atoms with E-state index in [-0.39, 0.29) is 36.3 Å². The molecule has 1 atom stereocenters. The van der Waals surface area contributed by atoms with Crippen molar-refractivity contribution >= 4 is 35.8 Å². The largest absolute Gasteiger partial charge is 0.412 e. The standard InChI is InChI=1S/C10H13N3.2ClH.H2O/c1-7(11)10-12-8-5-3-4-6-9(8)13(10)2;;;/h3-7H,11H2,1-2H3;2*1H;1H2. The van der Waals surface area contributed by atoms with Crippen LogP contribution in [-0.2, 0) is 7.05 Å². The number of imidazole rings is 1. The Balaban J connectivity index is 0. The van der Waals surface area contributed by atoms with Crippen LogP contribution >= 0.6 is 24.8 Å². The minimum atomic E-state index is -0.0163. The van der Waals surface area contributed by atoms with Crippen molar-refractivity contribution in [2.75, 3.05) is 0 Å². The summed E-state index contributed by atoms with van der Waals surface area (Å²) in [5, 5.41) is 0. The molecule has 6 heteroatoms. The van der Waals surface area contributed by atoms with E-state index in [1.54, 1.807) is 0 Å². The Kier molecular flexibility index (Phi) is 7.37. The molecule has 0 aliphatic rings. The van der Waals surface area contributed by atoms with Gasteiger partial charge in [-0.3, -0.25) is 0 Å². The smallest absolute Gasteiger partial charge is 0.126 e. The highest BCUT2D eigenvalue weighted by Gasteiger charge is 2.09. The number of para-hydroxylation sites is 2. The first-order valence-electron chi connectivity index (χ1n) is 4.37. The van der Waals surface area contributed by atoms with E-state index in [0.717, 1.165) is 16.9 Å². The number of fused-ring (bicyclic) bond motifs is 1. The van der Waals surface area contributed by atoms with Crippen LogP contribution in [0.5, 0.6) is 0 Å². The molecular weight excluding hydrogens is 249 g/mol. The number of aromatic nitrogens is 2. The van der Waals surface area contributed by atoms with E-state index in [0.29, 0.717) is 0 Å². The predicted molar refractivity (Wildman–Crippen MR) is 71.4 cm³/mol. The van der Waals surface area contributed by atoms with E-state index in [2.05, 4.69) is 4.98 Å². The van der Waals surface area contributed by atoms with Crippen molar-refractivity contribution in [2.45, 2.75) is 13.0 Å². The molecule has 2 aromatic rings. The topological polar surface area (TPSA) is 75.3 Å². The molecule has 92 valence electrons. The zero-order chi connectivity index (χ0) is 9.42. The maximum Gasteiger partial charge on any atom is 0.126 e. The summed E-state index contributed by atoms with van der Waals surface area (Å²) in [6.45, 7) is 1.95. The van der Waals surface area contributed by atoms with Crippen molar-refractivity contribution in [2.24, 2.45) is 12.8 Å². The molecule has 2 rings (SSSR count). The maximum atomic E-state index is 5.80. The van der Waals surface area contributed by atoms with Gasteiger partial charge in [-0.25, -0.2) is 4.98 Å². The maximum absolute atomic E-state index is 5.80. The van der Waals surface area contributed by atoms with Crippen molar-refractivity contribution in [3.05, 3.63) is 30.1 Å². The average molecular weight is 266 g/mol. The Morgan fingerprint density at radius 1 is 1.25 bits per heavy atom. The molecule has 0 radical (unpaired) electrons. The van der Waals surface area contributed by atoms with Crippen LogP contribution in [-0.4, -0.2) is 15.0 Å². The van der Waals surface area contributed by atoms with Gasteiger partial charge in [0.05, 0.1) is 17.1 Å². The number of nitrogens with zero attached hydrogens (tertiary/aromatic N) is 2. The SMILES string of the molecule is CC(N)c1nc2ccccc2n1C.Cl.Cl.O. The quantitative estimate of drug-likeness (QED) is 0.851. The van der Waals surface area contributed by atoms with Crippen LogP contribution in [0, 0.1) is 0 Å². The second kappa shape index (κ2) is 6.70. The molecule has 1 aromatic carbocycles. The first kappa shape index (κ1) is 17.6. The highest BCUT2D eigenvalue weighted by atomic mass is 35.5. The molecule has 0 fully saturated rings. The summed E-state index contributed by atoms with van der Waals surface area (Å²) >= 11 is 0. The third kappa shape index (κ3) is 2.86. The lowest BCUT2D eigenvalue weighted by atomic mass is 10.3. The van der Waals surface area contributed by atoms with Crippen LogP contribution in [0.4, 0.5) is 0 Å². The van der Waals surface area contributed by atoms with E-state index < -0.39 is 0 Å². The zero-order valence-corrected chi connectivity index (χ0v) is 10.8. The monoisotopic (exact) mass is 265 g/mol. The Hall–Kier alpha value is -0.810. The summed E-state index contributed by atoms with van der Waals surface area (Å²) in [7, 11) is 1.99. The molecular formula is C10H17Cl2N3O. The Bertz CT molecular complexity index is 443. The first-order chi connectivity index (χ1) is 6.20. The van der Waals surface area contributed by atoms with Gasteiger partial charge in [0.2, 0.25) is 0 Å². The average Bonchev–Trinajstić information content (AvgIpc) is 2.45. The molecule has 0 aliphatic heterocycles. The van der Waals surface area contributed by atoms with Gasteiger partial charge < -0.3 is 15.8 Å². The highest BCUT2D eigenvalue weighted by molar-refractivity contribution is 5.85. The van der Waals surface area contributed by atoms with E-state index in [9.17, 15) is 0 Å². The van der Waals surface area contributed by atoms with Gasteiger partial charge in [-0.2, -0.15) is 0 Å². The van der Waals surface area contributed by atoms with E-state index in [1.807, 2.05) is 42.8 Å². The summed E-state index contributed by atoms with van der Waals surface area (Å²) in [5.41, 5.74) is 7.94. The zero-order valence-electron chi connectivity index (χ0n) is 9.18. The van der Waals surface area contributed by atoms with E-state index >= 15 is 0 Å². The van der Waals surface area contributed by atoms with Gasteiger partial charge in [0.25, 0.3) is 0 Å². The number of hydrogen-bond donors (Lipinski definition) is 1. The van der Waals surface area contributed by atoms with Crippen LogP contribution < -0.4 is 5.73 Å². The number of rotatable bonds is 1. The predicted octanol–water partition coefficient (Wildman–Crippen LogP) is 1.61. The lowest BCUT2D eigenvalue weighted by molar-refractivity contribution is 0.696. The number of aryl methyl sites for hydroxylation is 1. The van der Waals surface area contributed by atoms with Gasteiger partial charge in [-0.1, -0.05) is 12.1 Å². The van der Waals surface area contributed by atoms with Gasteiger partial charge in [0, 0.05) is 7.05 Å². The fourth-order valence-electron chi connectivity index (χ4n) is 1.57. The van der Waals surface area contributed by atoms with Gasteiger partial charge in [-0.05, 0) is 19.1 Å². The van der Waals surface area contributed by atoms with Crippen molar-refractivity contribution in [3.63, 3.8) is 0 Å². The van der Waals surface area contributed by atoms with E-state index in [1.165, 1.54) is 0 Å². The molecule has 1 unspecified atom stereocenters. The Morgan fingerprint density at radius 2 is 1.81 bits per heavy atom. The van der Waals surface area contributed by atoms with Gasteiger partial charge in [-0.15, -0.1) is 24.8 Å². The summed E-state index contributed by atoms with van der Waals surface area (Å²) < 4.78 is 2.04. The van der Waals surface area contributed by atoms with Gasteiger partial charge in [0.1, 0.15) is 5.82 Å². The molecule has 0 aliphatic carbocycles. The number of nitrogens with two attached hydrogens (primary N) is 1. The van der Waals surface area contributed by atoms with Crippen molar-refractivity contribution < 1.29 is 5.48 Å². The molecule has 0 saturated heterocycles. The summed E-state index contributed by atoms with van der Waals surface area (Å²) in [6.07, 6.45) is 0. The van der Waals surface area contributed by atoms with Gasteiger partial charge >= 0.3 is 0 Å². The third-order valence-electron chi connectivity index (χ3n) is 2.23. The number of hydrogen-bond acceptors (Lipinski definition) is 2. The van der Waals surface area contributed by atoms with Gasteiger partial charge in [0.15, 0.2) is 0 Å². The van der Waals surface area contributed by atoms with Crippen molar-refractivity contribution in [3.8, 4) is 0 Å². The molecule has 0 saturated carbocycles. The first-order valence-corrected chi connectivity index (χ1v) is 4.37. The minimum absolute atomic E-state index is 0. The molecule has 0 amide bonds. The van der Waals surface area contributed by atoms with Crippen LogP contribution in [0.15, 0.2) is 24.3 Å². The number of benzene rings is 1. The molecule has 1 heterocycles. The second-order valence-corrected chi connectivity index (χ2v) is 3.31. The molecule has 4 N–H and O–H groups in total. The Labute approximate surface area is 107 Å². The van der Waals surface area contributed by atoms with Crippen molar-refractivity contribution in [1.82, 2.24) is 9.55 Å². The van der Waals surface area contributed by atoms with Crippen LogP contribution in [0.1, 0.15) is 18.8 Å². The second-order valence-electron chi connectivity index (χ2n) is 3.31. The fourth-order valence-corrected chi connectivity index (χ4v) is 1.57. The summed E-state index contributed by atoms with van der Waals surface area (Å²) in [6, 6.07) is 8.03. The molecule has 0 bridgehead atoms. The molecule has 0 spiro atoms. The Morgan fingerprint density at radius 3 is 2.31 bits per heavy atom. The lowest BCUT2D eigenvalue weighted by Gasteiger charge is -2.04. The molecule has 1 aromatic heterocycles. The van der Waals surface area contributed by atoms with Crippen LogP contribution in [0.2, 0.25) is 0 Å². The normalized spacial score (nSPS) is 10.9. The lowest BCUT2D eigenvalue weighted by Crippen LogP contribution is -2.11. The number of halogens is 2. The van der Waals surface area contributed by atoms with Crippen molar-refractivity contribution in [1.29, 1.82) is 0 Å². The van der Waals surface area contributed by atoms with Crippen LogP contribution in [0.25, 0.3) is 11.0 Å². The third-order valence-corrected chi connectivity index (χ3v) is 2.23. The van der Waals surface area contributed by atoms with E-state index in [4.69, 9.17) is 5.73 Å².